The molecule has 7 nitrogen and oxygen atoms in total. The predicted octanol–water partition coefficient (Wildman–Crippen LogP) is 3.65. The summed E-state index contributed by atoms with van der Waals surface area (Å²) in [5.74, 6) is 0.450. The Kier molecular flexibility index (Phi) is 6.48. The minimum Gasteiger partial charge on any atom is -0.493 e. The molecular formula is C22H24F3N5O2. The van der Waals surface area contributed by atoms with Gasteiger partial charge in [0.15, 0.2) is 0 Å². The second kappa shape index (κ2) is 9.46. The van der Waals surface area contributed by atoms with Crippen LogP contribution in [0.4, 0.5) is 13.2 Å². The molecule has 170 valence electrons. The molecule has 32 heavy (non-hydrogen) atoms. The van der Waals surface area contributed by atoms with E-state index in [0.717, 1.165) is 29.9 Å². The van der Waals surface area contributed by atoms with Gasteiger partial charge < -0.3 is 9.64 Å². The molecule has 1 amide bonds. The van der Waals surface area contributed by atoms with Gasteiger partial charge in [0.25, 0.3) is 0 Å². The number of hydrogen-bond donors (Lipinski definition) is 1. The molecule has 1 unspecified atom stereocenters. The van der Waals surface area contributed by atoms with Crippen molar-refractivity contribution in [2.75, 3.05) is 19.7 Å². The standard InChI is InChI=1S/C22H24F3N5O2/c23-22(24,25)17-3-1-4-19(13-17)32-12-7-18-14-20(28-27-18)16-5-10-29(15-16)21(31)6-11-30-9-2-8-26-30/h1-4,8-9,13-14,16H,5-7,10-12,15H2,(H,27,28). The Labute approximate surface area is 183 Å². The Morgan fingerprint density at radius 2 is 2.12 bits per heavy atom. The van der Waals surface area contributed by atoms with Crippen LogP contribution in [0.5, 0.6) is 5.75 Å². The first-order valence-corrected chi connectivity index (χ1v) is 10.5. The Hall–Kier alpha value is -3.30. The number of alkyl halides is 3. The lowest BCUT2D eigenvalue weighted by Gasteiger charge is -2.16. The van der Waals surface area contributed by atoms with Crippen molar-refractivity contribution >= 4 is 5.91 Å². The largest absolute Gasteiger partial charge is 0.493 e. The number of ether oxygens (including phenoxy) is 1. The van der Waals surface area contributed by atoms with Gasteiger partial charge in [-0.3, -0.25) is 14.6 Å². The Morgan fingerprint density at radius 1 is 1.25 bits per heavy atom. The van der Waals surface area contributed by atoms with Crippen LogP contribution in [-0.4, -0.2) is 50.5 Å². The zero-order chi connectivity index (χ0) is 22.6. The van der Waals surface area contributed by atoms with E-state index in [9.17, 15) is 18.0 Å². The van der Waals surface area contributed by atoms with Gasteiger partial charge in [0, 0.05) is 56.5 Å². The molecule has 0 saturated carbocycles. The van der Waals surface area contributed by atoms with E-state index < -0.39 is 11.7 Å². The molecule has 0 aliphatic carbocycles. The van der Waals surface area contributed by atoms with Crippen LogP contribution in [0.25, 0.3) is 0 Å². The molecule has 0 spiro atoms. The number of H-pyrrole nitrogens is 1. The summed E-state index contributed by atoms with van der Waals surface area (Å²) in [6.07, 6.45) is 0.875. The molecule has 2 aromatic heterocycles. The van der Waals surface area contributed by atoms with Crippen molar-refractivity contribution in [1.82, 2.24) is 24.9 Å². The number of aryl methyl sites for hydroxylation is 1. The van der Waals surface area contributed by atoms with Gasteiger partial charge in [-0.25, -0.2) is 0 Å². The van der Waals surface area contributed by atoms with E-state index in [1.54, 1.807) is 10.9 Å². The normalized spacial score (nSPS) is 16.5. The van der Waals surface area contributed by atoms with Gasteiger partial charge in [0.1, 0.15) is 5.75 Å². The number of benzene rings is 1. The summed E-state index contributed by atoms with van der Waals surface area (Å²) in [6, 6.07) is 8.61. The lowest BCUT2D eigenvalue weighted by molar-refractivity contribution is -0.137. The summed E-state index contributed by atoms with van der Waals surface area (Å²) in [7, 11) is 0. The highest BCUT2D eigenvalue weighted by atomic mass is 19.4. The Morgan fingerprint density at radius 3 is 2.91 bits per heavy atom. The molecule has 3 aromatic rings. The molecule has 10 heteroatoms. The first-order chi connectivity index (χ1) is 15.4. The molecule has 1 atom stereocenters. The van der Waals surface area contributed by atoms with Crippen molar-refractivity contribution < 1.29 is 22.7 Å². The number of hydrogen-bond acceptors (Lipinski definition) is 4. The predicted molar refractivity (Wildman–Crippen MR) is 110 cm³/mol. The van der Waals surface area contributed by atoms with Crippen LogP contribution in [0, 0.1) is 0 Å². The first kappa shape index (κ1) is 21.9. The second-order valence-corrected chi connectivity index (χ2v) is 7.79. The van der Waals surface area contributed by atoms with Crippen molar-refractivity contribution in [3.8, 4) is 5.75 Å². The van der Waals surface area contributed by atoms with Gasteiger partial charge in [-0.2, -0.15) is 23.4 Å². The van der Waals surface area contributed by atoms with Gasteiger partial charge in [-0.05, 0) is 36.8 Å². The highest BCUT2D eigenvalue weighted by Gasteiger charge is 2.31. The van der Waals surface area contributed by atoms with E-state index >= 15 is 0 Å². The lowest BCUT2D eigenvalue weighted by atomic mass is 10.0. The van der Waals surface area contributed by atoms with Gasteiger partial charge in [0.05, 0.1) is 17.9 Å². The number of nitrogens with one attached hydrogen (secondary N) is 1. The zero-order valence-corrected chi connectivity index (χ0v) is 17.4. The molecule has 1 aliphatic heterocycles. The van der Waals surface area contributed by atoms with E-state index in [1.807, 2.05) is 23.2 Å². The van der Waals surface area contributed by atoms with E-state index in [-0.39, 0.29) is 24.2 Å². The molecule has 1 fully saturated rings. The Balaban J connectivity index is 1.24. The SMILES string of the molecule is O=C(CCn1cccn1)N1CCC(c2cc(CCOc3cccc(C(F)(F)F)c3)[nH]n2)C1. The number of nitrogens with zero attached hydrogens (tertiary/aromatic N) is 4. The van der Waals surface area contributed by atoms with Crippen molar-refractivity contribution in [1.29, 1.82) is 0 Å². The summed E-state index contributed by atoms with van der Waals surface area (Å²) >= 11 is 0. The summed E-state index contributed by atoms with van der Waals surface area (Å²) in [4.78, 5) is 14.3. The zero-order valence-electron chi connectivity index (χ0n) is 17.4. The van der Waals surface area contributed by atoms with Crippen LogP contribution < -0.4 is 4.74 Å². The fraction of sp³-hybridized carbons (Fsp3) is 0.409. The number of halogens is 3. The van der Waals surface area contributed by atoms with Crippen molar-refractivity contribution in [2.45, 2.75) is 37.9 Å². The van der Waals surface area contributed by atoms with Crippen LogP contribution in [0.15, 0.2) is 48.8 Å². The number of aromatic nitrogens is 4. The number of carbonyl (C=O) groups excluding carboxylic acids is 1. The lowest BCUT2D eigenvalue weighted by Crippen LogP contribution is -2.29. The van der Waals surface area contributed by atoms with Gasteiger partial charge in [-0.15, -0.1) is 0 Å². The van der Waals surface area contributed by atoms with Crippen LogP contribution in [0.3, 0.4) is 0 Å². The van der Waals surface area contributed by atoms with Crippen molar-refractivity contribution in [3.63, 3.8) is 0 Å². The third kappa shape index (κ3) is 5.49. The van der Waals surface area contributed by atoms with E-state index in [4.69, 9.17) is 4.74 Å². The van der Waals surface area contributed by atoms with Crippen LogP contribution in [-0.2, 0) is 23.9 Å². The van der Waals surface area contributed by atoms with E-state index in [0.29, 0.717) is 32.5 Å². The molecule has 1 N–H and O–H groups in total. The molecule has 3 heterocycles. The highest BCUT2D eigenvalue weighted by Crippen LogP contribution is 2.31. The fourth-order valence-corrected chi connectivity index (χ4v) is 3.79. The molecule has 4 rings (SSSR count). The number of amides is 1. The number of aromatic amines is 1. The minimum absolute atomic E-state index is 0.105. The monoisotopic (exact) mass is 447 g/mol. The van der Waals surface area contributed by atoms with Crippen LogP contribution in [0.1, 0.15) is 35.7 Å². The Bertz CT molecular complexity index is 1030. The van der Waals surface area contributed by atoms with Crippen molar-refractivity contribution in [3.05, 3.63) is 65.7 Å². The summed E-state index contributed by atoms with van der Waals surface area (Å²) in [6.45, 7) is 2.11. The maximum atomic E-state index is 12.8. The molecule has 1 aliphatic rings. The molecular weight excluding hydrogens is 423 g/mol. The smallest absolute Gasteiger partial charge is 0.416 e. The number of likely N-dealkylation sites (tertiary alicyclic amines) is 1. The van der Waals surface area contributed by atoms with Crippen LogP contribution >= 0.6 is 0 Å². The number of carbonyl (C=O) groups is 1. The third-order valence-corrected chi connectivity index (χ3v) is 5.53. The molecule has 1 aromatic carbocycles. The topological polar surface area (TPSA) is 76.0 Å². The quantitative estimate of drug-likeness (QED) is 0.572. The van der Waals surface area contributed by atoms with E-state index in [2.05, 4.69) is 15.3 Å². The average molecular weight is 447 g/mol. The third-order valence-electron chi connectivity index (χ3n) is 5.53. The second-order valence-electron chi connectivity index (χ2n) is 7.79. The average Bonchev–Trinajstić information content (AvgIpc) is 3.53. The van der Waals surface area contributed by atoms with Gasteiger partial charge in [-0.1, -0.05) is 6.07 Å². The first-order valence-electron chi connectivity index (χ1n) is 10.5. The maximum absolute atomic E-state index is 12.8. The summed E-state index contributed by atoms with van der Waals surface area (Å²) < 4.78 is 45.6. The van der Waals surface area contributed by atoms with Crippen LogP contribution in [0.2, 0.25) is 0 Å². The molecule has 1 saturated heterocycles. The fourth-order valence-electron chi connectivity index (χ4n) is 3.79. The molecule has 0 radical (unpaired) electrons. The molecule has 0 bridgehead atoms. The van der Waals surface area contributed by atoms with Gasteiger partial charge in [0.2, 0.25) is 5.91 Å². The highest BCUT2D eigenvalue weighted by molar-refractivity contribution is 5.76. The number of rotatable bonds is 8. The summed E-state index contributed by atoms with van der Waals surface area (Å²) in [5, 5.41) is 11.4. The minimum atomic E-state index is -4.40. The van der Waals surface area contributed by atoms with E-state index in [1.165, 1.54) is 12.1 Å². The summed E-state index contributed by atoms with van der Waals surface area (Å²) in [5.41, 5.74) is 1.00. The van der Waals surface area contributed by atoms with Gasteiger partial charge >= 0.3 is 6.18 Å². The maximum Gasteiger partial charge on any atom is 0.416 e. The van der Waals surface area contributed by atoms with Crippen molar-refractivity contribution in [2.24, 2.45) is 0 Å².